The van der Waals surface area contributed by atoms with E-state index >= 15 is 0 Å². The fourth-order valence-electron chi connectivity index (χ4n) is 3.07. The first-order chi connectivity index (χ1) is 12.7. The molecule has 0 amide bonds. The number of hydrogen-bond acceptors (Lipinski definition) is 5. The Kier molecular flexibility index (Phi) is 6.57. The van der Waals surface area contributed by atoms with Crippen LogP contribution in [0.2, 0.25) is 0 Å². The van der Waals surface area contributed by atoms with Gasteiger partial charge in [0.2, 0.25) is 0 Å². The van der Waals surface area contributed by atoms with Gasteiger partial charge in [-0.1, -0.05) is 36.4 Å². The molecule has 26 heavy (non-hydrogen) atoms. The van der Waals surface area contributed by atoms with Crippen LogP contribution in [0.1, 0.15) is 24.0 Å². The van der Waals surface area contributed by atoms with Crippen LogP contribution in [0.3, 0.4) is 0 Å². The van der Waals surface area contributed by atoms with Gasteiger partial charge in [0.1, 0.15) is 13.4 Å². The number of nitro benzene ring substituents is 1. The van der Waals surface area contributed by atoms with Crippen LogP contribution in [0.5, 0.6) is 5.75 Å². The quantitative estimate of drug-likeness (QED) is 0.574. The molecule has 1 atom stereocenters. The van der Waals surface area contributed by atoms with Gasteiger partial charge < -0.3 is 14.2 Å². The summed E-state index contributed by atoms with van der Waals surface area (Å²) in [5.41, 5.74) is 1.91. The van der Waals surface area contributed by atoms with E-state index in [9.17, 15) is 10.1 Å². The van der Waals surface area contributed by atoms with Crippen molar-refractivity contribution in [1.29, 1.82) is 0 Å². The molecule has 6 nitrogen and oxygen atoms in total. The highest BCUT2D eigenvalue weighted by atomic mass is 16.7. The molecule has 138 valence electrons. The van der Waals surface area contributed by atoms with Gasteiger partial charge in [-0.2, -0.15) is 0 Å². The summed E-state index contributed by atoms with van der Waals surface area (Å²) >= 11 is 0. The van der Waals surface area contributed by atoms with Crippen LogP contribution in [0.4, 0.5) is 5.69 Å². The molecule has 1 fully saturated rings. The second-order valence-corrected chi connectivity index (χ2v) is 6.44. The molecule has 0 aromatic heterocycles. The van der Waals surface area contributed by atoms with Gasteiger partial charge in [0.25, 0.3) is 0 Å². The van der Waals surface area contributed by atoms with Crippen molar-refractivity contribution in [3.8, 4) is 5.75 Å². The lowest BCUT2D eigenvalue weighted by Gasteiger charge is -2.20. The zero-order chi connectivity index (χ0) is 18.2. The summed E-state index contributed by atoms with van der Waals surface area (Å²) in [5, 5.41) is 11.5. The van der Waals surface area contributed by atoms with E-state index in [1.165, 1.54) is 0 Å². The third-order valence-electron chi connectivity index (χ3n) is 4.40. The lowest BCUT2D eigenvalue weighted by Crippen LogP contribution is -2.18. The zero-order valence-electron chi connectivity index (χ0n) is 14.6. The lowest BCUT2D eigenvalue weighted by molar-refractivity contribution is -0.386. The second kappa shape index (κ2) is 9.31. The van der Waals surface area contributed by atoms with E-state index < -0.39 is 0 Å². The van der Waals surface area contributed by atoms with Crippen LogP contribution in [0.15, 0.2) is 48.5 Å². The molecule has 1 aliphatic heterocycles. The maximum absolute atomic E-state index is 11.5. The maximum Gasteiger partial charge on any atom is 0.311 e. The highest BCUT2D eigenvalue weighted by Crippen LogP contribution is 2.30. The molecule has 0 aliphatic carbocycles. The Labute approximate surface area is 152 Å². The van der Waals surface area contributed by atoms with E-state index in [0.717, 1.165) is 30.4 Å². The highest BCUT2D eigenvalue weighted by molar-refractivity contribution is 5.49. The first-order valence-corrected chi connectivity index (χ1v) is 8.82. The molecule has 0 spiro atoms. The number of rotatable bonds is 6. The molecule has 2 aromatic rings. The first kappa shape index (κ1) is 18.4. The average Bonchev–Trinajstić information content (AvgIpc) is 2.63. The van der Waals surface area contributed by atoms with Crippen LogP contribution in [-0.4, -0.2) is 24.9 Å². The summed E-state index contributed by atoms with van der Waals surface area (Å²) in [7, 11) is 0. The van der Waals surface area contributed by atoms with Crippen LogP contribution in [0.25, 0.3) is 0 Å². The van der Waals surface area contributed by atoms with E-state index in [1.54, 1.807) is 12.1 Å². The Morgan fingerprint density at radius 2 is 1.96 bits per heavy atom. The Hall–Kier alpha value is -2.44. The van der Waals surface area contributed by atoms with Gasteiger partial charge in [-0.3, -0.25) is 10.1 Å². The van der Waals surface area contributed by atoms with E-state index in [4.69, 9.17) is 14.2 Å². The van der Waals surface area contributed by atoms with E-state index in [1.807, 2.05) is 36.4 Å². The van der Waals surface area contributed by atoms with E-state index in [-0.39, 0.29) is 10.6 Å². The number of ether oxygens (including phenoxy) is 3. The van der Waals surface area contributed by atoms with Crippen LogP contribution in [0, 0.1) is 16.0 Å². The van der Waals surface area contributed by atoms with Gasteiger partial charge in [0.05, 0.1) is 11.5 Å². The largest absolute Gasteiger partial charge is 0.482 e. The maximum atomic E-state index is 11.5. The monoisotopic (exact) mass is 357 g/mol. The molecular formula is C20H23NO5. The van der Waals surface area contributed by atoms with Crippen LogP contribution < -0.4 is 4.74 Å². The van der Waals surface area contributed by atoms with E-state index in [2.05, 4.69) is 0 Å². The van der Waals surface area contributed by atoms with Gasteiger partial charge >= 0.3 is 5.69 Å². The smallest absolute Gasteiger partial charge is 0.311 e. The van der Waals surface area contributed by atoms with E-state index in [0.29, 0.717) is 38.3 Å². The van der Waals surface area contributed by atoms with Crippen molar-refractivity contribution >= 4 is 5.69 Å². The third kappa shape index (κ3) is 5.28. The number of nitrogens with zero attached hydrogens (tertiary/aromatic N) is 1. The highest BCUT2D eigenvalue weighted by Gasteiger charge is 2.19. The summed E-state index contributed by atoms with van der Waals surface area (Å²) < 4.78 is 16.4. The fraction of sp³-hybridized carbons (Fsp3) is 0.400. The number of hydrogen-bond donors (Lipinski definition) is 0. The molecule has 0 saturated carbocycles. The summed E-state index contributed by atoms with van der Waals surface area (Å²) in [5.74, 6) is 0.638. The van der Waals surface area contributed by atoms with Crippen molar-refractivity contribution in [2.45, 2.75) is 25.9 Å². The number of benzene rings is 2. The molecule has 1 unspecified atom stereocenters. The molecule has 6 heteroatoms. The first-order valence-electron chi connectivity index (χ1n) is 8.82. The molecule has 2 aromatic carbocycles. The third-order valence-corrected chi connectivity index (χ3v) is 4.40. The predicted molar refractivity (Wildman–Crippen MR) is 97.1 cm³/mol. The fourth-order valence-corrected chi connectivity index (χ4v) is 3.07. The standard InChI is InChI=1S/C20H23NO5/c22-21(23)19-12-17(11-18-7-4-10-24-15-25-13-18)8-9-20(19)26-14-16-5-2-1-3-6-16/h1-3,5-6,8-9,12,18H,4,7,10-11,13-15H2. The molecular weight excluding hydrogens is 334 g/mol. The summed E-state index contributed by atoms with van der Waals surface area (Å²) in [4.78, 5) is 11.1. The zero-order valence-corrected chi connectivity index (χ0v) is 14.6. The molecule has 1 saturated heterocycles. The lowest BCUT2D eigenvalue weighted by atomic mass is 9.95. The van der Waals surface area contributed by atoms with Crippen molar-refractivity contribution < 1.29 is 19.1 Å². The normalized spacial score (nSPS) is 17.9. The molecule has 0 bridgehead atoms. The molecule has 3 rings (SSSR count). The predicted octanol–water partition coefficient (Wildman–Crippen LogP) is 4.12. The topological polar surface area (TPSA) is 70.8 Å². The molecule has 0 N–H and O–H groups in total. The summed E-state index contributed by atoms with van der Waals surface area (Å²) in [6.45, 7) is 1.93. The number of nitro groups is 1. The SMILES string of the molecule is O=[N+]([O-])c1cc(CC2CCCOCOC2)ccc1OCc1ccccc1. The van der Waals surface area contributed by atoms with Crippen molar-refractivity contribution in [2.24, 2.45) is 5.92 Å². The minimum Gasteiger partial charge on any atom is -0.482 e. The van der Waals surface area contributed by atoms with Crippen molar-refractivity contribution in [1.82, 2.24) is 0 Å². The Morgan fingerprint density at radius 1 is 1.12 bits per heavy atom. The Morgan fingerprint density at radius 3 is 2.77 bits per heavy atom. The minimum atomic E-state index is -0.383. The Balaban J connectivity index is 1.68. The van der Waals surface area contributed by atoms with Crippen molar-refractivity contribution in [2.75, 3.05) is 20.0 Å². The van der Waals surface area contributed by atoms with Gasteiger partial charge in [-0.05, 0) is 42.4 Å². The average molecular weight is 357 g/mol. The van der Waals surface area contributed by atoms with Crippen molar-refractivity contribution in [3.63, 3.8) is 0 Å². The van der Waals surface area contributed by atoms with Crippen LogP contribution >= 0.6 is 0 Å². The van der Waals surface area contributed by atoms with Crippen LogP contribution in [-0.2, 0) is 22.5 Å². The van der Waals surface area contributed by atoms with Gasteiger partial charge in [-0.25, -0.2) is 0 Å². The van der Waals surface area contributed by atoms with Gasteiger partial charge in [-0.15, -0.1) is 0 Å². The molecule has 0 radical (unpaired) electrons. The van der Waals surface area contributed by atoms with Crippen molar-refractivity contribution in [3.05, 3.63) is 69.8 Å². The second-order valence-electron chi connectivity index (χ2n) is 6.44. The molecule has 1 heterocycles. The van der Waals surface area contributed by atoms with Gasteiger partial charge in [0, 0.05) is 12.7 Å². The van der Waals surface area contributed by atoms with Gasteiger partial charge in [0.15, 0.2) is 5.75 Å². The minimum absolute atomic E-state index is 0.00790. The summed E-state index contributed by atoms with van der Waals surface area (Å²) in [6.07, 6.45) is 2.72. The Bertz CT molecular complexity index is 711. The summed E-state index contributed by atoms with van der Waals surface area (Å²) in [6, 6.07) is 14.8. The molecule has 1 aliphatic rings.